The highest BCUT2D eigenvalue weighted by Crippen LogP contribution is 2.36. The Morgan fingerprint density at radius 2 is 1.65 bits per heavy atom. The Balaban J connectivity index is 2.08. The molecule has 7 nitrogen and oxygen atoms in total. The molecule has 0 spiro atoms. The van der Waals surface area contributed by atoms with Gasteiger partial charge in [0.1, 0.15) is 16.4 Å². The van der Waals surface area contributed by atoms with Crippen molar-refractivity contribution in [1.82, 2.24) is 4.31 Å². The Labute approximate surface area is 160 Å². The molecule has 1 saturated heterocycles. The Kier molecular flexibility index (Phi) is 5.38. The molecule has 10 heteroatoms. The molecule has 2 aromatic carbocycles. The minimum absolute atomic E-state index is 0.0270. The summed E-state index contributed by atoms with van der Waals surface area (Å²) < 4.78 is 32.8. The minimum atomic E-state index is -3.93. The average Bonchev–Trinajstić information content (AvgIpc) is 3.09. The molecule has 0 N–H and O–H groups in total. The van der Waals surface area contributed by atoms with Crippen LogP contribution in [0.4, 0.5) is 5.69 Å². The molecule has 3 rings (SSSR count). The van der Waals surface area contributed by atoms with Crippen LogP contribution in [-0.2, 0) is 10.0 Å². The molecule has 0 amide bonds. The molecule has 0 saturated carbocycles. The van der Waals surface area contributed by atoms with E-state index in [1.54, 1.807) is 0 Å². The first-order valence-corrected chi connectivity index (χ1v) is 9.89. The molecule has 1 aliphatic rings. The highest BCUT2D eigenvalue weighted by Gasteiger charge is 2.31. The van der Waals surface area contributed by atoms with Crippen molar-refractivity contribution >= 4 is 38.9 Å². The first-order valence-electron chi connectivity index (χ1n) is 7.70. The first kappa shape index (κ1) is 18.9. The van der Waals surface area contributed by atoms with E-state index in [-0.39, 0.29) is 22.1 Å². The Morgan fingerprint density at radius 3 is 2.23 bits per heavy atom. The van der Waals surface area contributed by atoms with E-state index in [1.807, 2.05) is 0 Å². The molecule has 0 aliphatic carbocycles. The molecule has 0 aromatic heterocycles. The van der Waals surface area contributed by atoms with E-state index >= 15 is 0 Å². The number of rotatable bonds is 5. The zero-order chi connectivity index (χ0) is 18.9. The van der Waals surface area contributed by atoms with Gasteiger partial charge in [-0.1, -0.05) is 23.2 Å². The summed E-state index contributed by atoms with van der Waals surface area (Å²) in [6.07, 6.45) is 1.49. The Bertz CT molecular complexity index is 939. The van der Waals surface area contributed by atoms with Gasteiger partial charge in [0.25, 0.3) is 5.69 Å². The number of benzene rings is 2. The molecule has 0 atom stereocenters. The van der Waals surface area contributed by atoms with E-state index in [0.29, 0.717) is 23.1 Å². The van der Waals surface area contributed by atoms with Crippen molar-refractivity contribution < 1.29 is 18.1 Å². The lowest BCUT2D eigenvalue weighted by Crippen LogP contribution is -2.28. The lowest BCUT2D eigenvalue weighted by molar-refractivity contribution is -0.385. The predicted molar refractivity (Wildman–Crippen MR) is 97.6 cm³/mol. The molecule has 2 aromatic rings. The van der Waals surface area contributed by atoms with Gasteiger partial charge >= 0.3 is 0 Å². The van der Waals surface area contributed by atoms with Gasteiger partial charge in [-0.2, -0.15) is 4.31 Å². The summed E-state index contributed by atoms with van der Waals surface area (Å²) in [5.41, 5.74) is -0.334. The Hall–Kier alpha value is -1.87. The number of nitro benzene ring substituents is 1. The maximum absolute atomic E-state index is 12.9. The number of nitro groups is 1. The summed E-state index contributed by atoms with van der Waals surface area (Å²) in [5, 5.41) is 11.7. The zero-order valence-corrected chi connectivity index (χ0v) is 15.7. The van der Waals surface area contributed by atoms with Gasteiger partial charge in [0.2, 0.25) is 10.0 Å². The number of nitrogens with zero attached hydrogens (tertiary/aromatic N) is 2. The van der Waals surface area contributed by atoms with E-state index in [4.69, 9.17) is 27.9 Å². The molecular weight excluding hydrogens is 403 g/mol. The van der Waals surface area contributed by atoms with Crippen molar-refractivity contribution in [3.05, 3.63) is 56.6 Å². The molecular formula is C16H14Cl2N2O5S. The molecule has 0 unspecified atom stereocenters. The first-order chi connectivity index (χ1) is 12.3. The van der Waals surface area contributed by atoms with E-state index in [0.717, 1.165) is 18.9 Å². The van der Waals surface area contributed by atoms with Crippen LogP contribution in [-0.4, -0.2) is 30.7 Å². The van der Waals surface area contributed by atoms with Gasteiger partial charge in [-0.25, -0.2) is 8.42 Å². The maximum Gasteiger partial charge on any atom is 0.271 e. The predicted octanol–water partition coefficient (Wildman–Crippen LogP) is 4.48. The van der Waals surface area contributed by atoms with Crippen LogP contribution in [0.3, 0.4) is 0 Å². The smallest absolute Gasteiger partial charge is 0.271 e. The van der Waals surface area contributed by atoms with Crippen LogP contribution in [0.5, 0.6) is 11.5 Å². The van der Waals surface area contributed by atoms with Crippen molar-refractivity contribution in [2.75, 3.05) is 13.1 Å². The van der Waals surface area contributed by atoms with Crippen LogP contribution in [0, 0.1) is 10.1 Å². The van der Waals surface area contributed by atoms with Crippen LogP contribution in [0.2, 0.25) is 10.0 Å². The molecule has 26 heavy (non-hydrogen) atoms. The third kappa shape index (κ3) is 3.93. The fourth-order valence-electron chi connectivity index (χ4n) is 2.68. The highest BCUT2D eigenvalue weighted by atomic mass is 35.5. The zero-order valence-electron chi connectivity index (χ0n) is 13.4. The second-order valence-corrected chi connectivity index (χ2v) is 8.49. The second-order valence-electron chi connectivity index (χ2n) is 5.71. The quantitative estimate of drug-likeness (QED) is 0.529. The summed E-state index contributed by atoms with van der Waals surface area (Å²) in [6, 6.07) is 7.91. The monoisotopic (exact) mass is 416 g/mol. The van der Waals surface area contributed by atoms with Crippen LogP contribution in [0.1, 0.15) is 12.8 Å². The van der Waals surface area contributed by atoms with Gasteiger partial charge in [0, 0.05) is 35.3 Å². The van der Waals surface area contributed by atoms with Crippen molar-refractivity contribution in [2.24, 2.45) is 0 Å². The Morgan fingerprint density at radius 1 is 1.04 bits per heavy atom. The van der Waals surface area contributed by atoms with Crippen molar-refractivity contribution in [1.29, 1.82) is 0 Å². The second kappa shape index (κ2) is 7.40. The van der Waals surface area contributed by atoms with Crippen molar-refractivity contribution in [2.45, 2.75) is 17.7 Å². The SMILES string of the molecule is O=[N+]([O-])c1ccc(Oc2cc(Cl)cc(Cl)c2)c(S(=O)(=O)N2CCCC2)c1. The molecule has 1 aliphatic heterocycles. The third-order valence-corrected chi connectivity index (χ3v) is 6.24. The molecule has 0 radical (unpaired) electrons. The van der Waals surface area contributed by atoms with Crippen LogP contribution < -0.4 is 4.74 Å². The number of halogens is 2. The number of hydrogen-bond acceptors (Lipinski definition) is 5. The third-order valence-electron chi connectivity index (χ3n) is 3.88. The van der Waals surface area contributed by atoms with Gasteiger partial charge in [-0.05, 0) is 37.1 Å². The van der Waals surface area contributed by atoms with E-state index in [9.17, 15) is 18.5 Å². The van der Waals surface area contributed by atoms with Gasteiger partial charge in [-0.3, -0.25) is 10.1 Å². The lowest BCUT2D eigenvalue weighted by atomic mass is 10.3. The number of hydrogen-bond donors (Lipinski definition) is 0. The summed E-state index contributed by atoms with van der Waals surface area (Å²) in [5.74, 6) is 0.204. The van der Waals surface area contributed by atoms with Gasteiger partial charge in [0.15, 0.2) is 0 Å². The minimum Gasteiger partial charge on any atom is -0.456 e. The standard InChI is InChI=1S/C16H14Cl2N2O5S/c17-11-7-12(18)9-14(8-11)25-15-4-3-13(20(21)22)10-16(15)26(23,24)19-5-1-2-6-19/h3-4,7-10H,1-2,5-6H2. The van der Waals surface area contributed by atoms with Crippen LogP contribution in [0.25, 0.3) is 0 Å². The van der Waals surface area contributed by atoms with Crippen LogP contribution in [0.15, 0.2) is 41.3 Å². The molecule has 138 valence electrons. The molecule has 0 bridgehead atoms. The van der Waals surface area contributed by atoms with Gasteiger partial charge < -0.3 is 4.74 Å². The molecule has 1 fully saturated rings. The fraction of sp³-hybridized carbons (Fsp3) is 0.250. The lowest BCUT2D eigenvalue weighted by Gasteiger charge is -2.18. The summed E-state index contributed by atoms with van der Waals surface area (Å²) in [6.45, 7) is 0.737. The largest absolute Gasteiger partial charge is 0.456 e. The number of ether oxygens (including phenoxy) is 1. The van der Waals surface area contributed by atoms with E-state index in [1.165, 1.54) is 34.6 Å². The van der Waals surface area contributed by atoms with Crippen molar-refractivity contribution in [3.63, 3.8) is 0 Å². The average molecular weight is 417 g/mol. The van der Waals surface area contributed by atoms with E-state index in [2.05, 4.69) is 0 Å². The fourth-order valence-corrected chi connectivity index (χ4v) is 4.83. The normalized spacial score (nSPS) is 15.2. The summed E-state index contributed by atoms with van der Waals surface area (Å²) >= 11 is 11.9. The van der Waals surface area contributed by atoms with E-state index < -0.39 is 14.9 Å². The topological polar surface area (TPSA) is 89.7 Å². The van der Waals surface area contributed by atoms with Gasteiger partial charge in [-0.15, -0.1) is 0 Å². The number of non-ortho nitro benzene ring substituents is 1. The maximum atomic E-state index is 12.9. The highest BCUT2D eigenvalue weighted by molar-refractivity contribution is 7.89. The van der Waals surface area contributed by atoms with Gasteiger partial charge in [0.05, 0.1) is 4.92 Å². The molecule has 1 heterocycles. The number of sulfonamides is 1. The van der Waals surface area contributed by atoms with Crippen LogP contribution >= 0.6 is 23.2 Å². The summed E-state index contributed by atoms with van der Waals surface area (Å²) in [7, 11) is -3.93. The van der Waals surface area contributed by atoms with Crippen molar-refractivity contribution in [3.8, 4) is 11.5 Å². The summed E-state index contributed by atoms with van der Waals surface area (Å²) in [4.78, 5) is 10.2.